The summed E-state index contributed by atoms with van der Waals surface area (Å²) in [5.74, 6) is -0.218. The highest BCUT2D eigenvalue weighted by Crippen LogP contribution is 2.20. The molecule has 1 aliphatic carbocycles. The molecule has 2 rings (SSSR count). The maximum atomic E-state index is 12.7. The summed E-state index contributed by atoms with van der Waals surface area (Å²) < 4.78 is 12.7. The summed E-state index contributed by atoms with van der Waals surface area (Å²) in [6.45, 7) is 0. The van der Waals surface area contributed by atoms with Crippen molar-refractivity contribution in [1.82, 2.24) is 0 Å². The summed E-state index contributed by atoms with van der Waals surface area (Å²) in [4.78, 5) is 11.8. The Hall–Kier alpha value is -1.64. The van der Waals surface area contributed by atoms with Gasteiger partial charge < -0.3 is 5.32 Å². The number of allylic oxidation sites excluding steroid dienone is 2. The molecule has 1 unspecified atom stereocenters. The van der Waals surface area contributed by atoms with Crippen LogP contribution in [-0.4, -0.2) is 5.91 Å². The van der Waals surface area contributed by atoms with Crippen LogP contribution in [0.4, 0.5) is 10.1 Å². The molecule has 0 radical (unpaired) electrons. The number of halogens is 1. The number of hydrogen-bond donors (Lipinski definition) is 1. The van der Waals surface area contributed by atoms with E-state index in [0.29, 0.717) is 5.69 Å². The second-order valence-corrected chi connectivity index (χ2v) is 3.98. The predicted molar refractivity (Wildman–Crippen MR) is 61.5 cm³/mol. The van der Waals surface area contributed by atoms with Crippen molar-refractivity contribution in [3.05, 3.63) is 42.2 Å². The largest absolute Gasteiger partial charge is 0.326 e. The van der Waals surface area contributed by atoms with Crippen molar-refractivity contribution in [2.75, 3.05) is 5.32 Å². The summed E-state index contributed by atoms with van der Waals surface area (Å²) in [5.41, 5.74) is 0.654. The number of carbonyl (C=O) groups excluding carboxylic acids is 1. The van der Waals surface area contributed by atoms with Crippen LogP contribution in [-0.2, 0) is 4.79 Å². The van der Waals surface area contributed by atoms with E-state index in [0.717, 1.165) is 19.3 Å². The minimum atomic E-state index is -0.293. The number of amides is 1. The van der Waals surface area contributed by atoms with Crippen LogP contribution >= 0.6 is 0 Å². The van der Waals surface area contributed by atoms with E-state index >= 15 is 0 Å². The molecule has 84 valence electrons. The van der Waals surface area contributed by atoms with E-state index in [1.165, 1.54) is 12.1 Å². The van der Waals surface area contributed by atoms with Gasteiger partial charge in [-0.2, -0.15) is 0 Å². The third kappa shape index (κ3) is 2.69. The number of carbonyl (C=O) groups is 1. The topological polar surface area (TPSA) is 29.1 Å². The molecular weight excluding hydrogens is 205 g/mol. The van der Waals surface area contributed by atoms with Crippen LogP contribution in [0.15, 0.2) is 36.4 Å². The van der Waals surface area contributed by atoms with Crippen molar-refractivity contribution in [3.8, 4) is 0 Å². The van der Waals surface area contributed by atoms with Crippen LogP contribution in [0.25, 0.3) is 0 Å². The average Bonchev–Trinajstić information content (AvgIpc) is 2.33. The maximum Gasteiger partial charge on any atom is 0.227 e. The Balaban J connectivity index is 1.96. The number of nitrogens with one attached hydrogen (secondary N) is 1. The molecule has 16 heavy (non-hydrogen) atoms. The molecule has 1 aliphatic rings. The molecule has 0 saturated carbocycles. The molecule has 1 aromatic rings. The zero-order chi connectivity index (χ0) is 11.4. The zero-order valence-corrected chi connectivity index (χ0v) is 8.95. The van der Waals surface area contributed by atoms with Crippen LogP contribution in [0.2, 0.25) is 0 Å². The van der Waals surface area contributed by atoms with E-state index in [-0.39, 0.29) is 17.6 Å². The van der Waals surface area contributed by atoms with Crippen LogP contribution in [0.1, 0.15) is 19.3 Å². The first kappa shape index (κ1) is 10.9. The predicted octanol–water partition coefficient (Wildman–Crippen LogP) is 3.12. The Labute approximate surface area is 94.2 Å². The monoisotopic (exact) mass is 219 g/mol. The van der Waals surface area contributed by atoms with Gasteiger partial charge >= 0.3 is 0 Å². The van der Waals surface area contributed by atoms with Gasteiger partial charge in [-0.1, -0.05) is 12.2 Å². The number of hydrogen-bond acceptors (Lipinski definition) is 1. The summed E-state index contributed by atoms with van der Waals surface area (Å²) in [5, 5.41) is 2.80. The van der Waals surface area contributed by atoms with Gasteiger partial charge in [0, 0.05) is 11.6 Å². The smallest absolute Gasteiger partial charge is 0.227 e. The molecule has 0 spiro atoms. The van der Waals surface area contributed by atoms with Gasteiger partial charge in [-0.3, -0.25) is 4.79 Å². The van der Waals surface area contributed by atoms with Gasteiger partial charge in [0.05, 0.1) is 0 Å². The fourth-order valence-corrected chi connectivity index (χ4v) is 1.81. The Morgan fingerprint density at radius 2 is 2.00 bits per heavy atom. The second kappa shape index (κ2) is 4.92. The molecule has 3 heteroatoms. The Morgan fingerprint density at radius 1 is 1.25 bits per heavy atom. The third-order valence-electron chi connectivity index (χ3n) is 2.75. The molecular formula is C13H14FNO. The lowest BCUT2D eigenvalue weighted by molar-refractivity contribution is -0.120. The fourth-order valence-electron chi connectivity index (χ4n) is 1.81. The molecule has 0 fully saturated rings. The summed E-state index contributed by atoms with van der Waals surface area (Å²) in [7, 11) is 0. The highest BCUT2D eigenvalue weighted by Gasteiger charge is 2.18. The molecule has 1 N–H and O–H groups in total. The van der Waals surface area contributed by atoms with Crippen molar-refractivity contribution in [1.29, 1.82) is 0 Å². The summed E-state index contributed by atoms with van der Waals surface area (Å²) in [6, 6.07) is 5.84. The van der Waals surface area contributed by atoms with Crippen LogP contribution < -0.4 is 5.32 Å². The lowest BCUT2D eigenvalue weighted by Gasteiger charge is -2.17. The van der Waals surface area contributed by atoms with Crippen molar-refractivity contribution in [2.24, 2.45) is 5.92 Å². The maximum absolute atomic E-state index is 12.7. The van der Waals surface area contributed by atoms with Crippen molar-refractivity contribution in [3.63, 3.8) is 0 Å². The summed E-state index contributed by atoms with van der Waals surface area (Å²) >= 11 is 0. The third-order valence-corrected chi connectivity index (χ3v) is 2.75. The highest BCUT2D eigenvalue weighted by molar-refractivity contribution is 5.92. The second-order valence-electron chi connectivity index (χ2n) is 3.98. The van der Waals surface area contributed by atoms with Crippen LogP contribution in [0.5, 0.6) is 0 Å². The fraction of sp³-hybridized carbons (Fsp3) is 0.308. The van der Waals surface area contributed by atoms with Crippen molar-refractivity contribution >= 4 is 11.6 Å². The van der Waals surface area contributed by atoms with Gasteiger partial charge in [0.2, 0.25) is 5.91 Å². The van der Waals surface area contributed by atoms with Gasteiger partial charge in [0.15, 0.2) is 0 Å². The normalized spacial score (nSPS) is 19.4. The molecule has 1 amide bonds. The van der Waals surface area contributed by atoms with Gasteiger partial charge in [-0.25, -0.2) is 4.39 Å². The average molecular weight is 219 g/mol. The zero-order valence-electron chi connectivity index (χ0n) is 8.95. The standard InChI is InChI=1S/C13H14FNO/c14-11-6-8-12(9-7-11)15-13(16)10-4-2-1-3-5-10/h1-2,6-10H,3-5H2,(H,15,16). The van der Waals surface area contributed by atoms with Gasteiger partial charge in [0.1, 0.15) is 5.82 Å². The van der Waals surface area contributed by atoms with E-state index in [2.05, 4.69) is 11.4 Å². The molecule has 0 aromatic heterocycles. The molecule has 0 aliphatic heterocycles. The Bertz CT molecular complexity index is 397. The molecule has 0 heterocycles. The number of benzene rings is 1. The van der Waals surface area contributed by atoms with Crippen LogP contribution in [0.3, 0.4) is 0 Å². The van der Waals surface area contributed by atoms with E-state index in [1.807, 2.05) is 6.08 Å². The Kier molecular flexibility index (Phi) is 3.34. The van der Waals surface area contributed by atoms with Crippen molar-refractivity contribution < 1.29 is 9.18 Å². The molecule has 0 bridgehead atoms. The first-order chi connectivity index (χ1) is 7.75. The van der Waals surface area contributed by atoms with E-state index in [9.17, 15) is 9.18 Å². The number of rotatable bonds is 2. The quantitative estimate of drug-likeness (QED) is 0.761. The minimum Gasteiger partial charge on any atom is -0.326 e. The van der Waals surface area contributed by atoms with Crippen molar-refractivity contribution in [2.45, 2.75) is 19.3 Å². The molecule has 2 nitrogen and oxygen atoms in total. The van der Waals surface area contributed by atoms with Gasteiger partial charge in [0.25, 0.3) is 0 Å². The van der Waals surface area contributed by atoms with E-state index in [1.54, 1.807) is 12.1 Å². The first-order valence-electron chi connectivity index (χ1n) is 5.47. The van der Waals surface area contributed by atoms with E-state index in [4.69, 9.17) is 0 Å². The number of anilines is 1. The molecule has 1 atom stereocenters. The lowest BCUT2D eigenvalue weighted by Crippen LogP contribution is -2.23. The van der Waals surface area contributed by atoms with Gasteiger partial charge in [-0.15, -0.1) is 0 Å². The highest BCUT2D eigenvalue weighted by atomic mass is 19.1. The van der Waals surface area contributed by atoms with Gasteiger partial charge in [-0.05, 0) is 43.5 Å². The van der Waals surface area contributed by atoms with Crippen LogP contribution in [0, 0.1) is 11.7 Å². The lowest BCUT2D eigenvalue weighted by atomic mass is 9.93. The molecule has 0 saturated heterocycles. The molecule has 1 aromatic carbocycles. The first-order valence-corrected chi connectivity index (χ1v) is 5.47. The Morgan fingerprint density at radius 3 is 2.62 bits per heavy atom. The summed E-state index contributed by atoms with van der Waals surface area (Å²) in [6.07, 6.45) is 6.79. The SMILES string of the molecule is O=C(Nc1ccc(F)cc1)C1CC=CCC1. The minimum absolute atomic E-state index is 0.0240. The van der Waals surface area contributed by atoms with E-state index < -0.39 is 0 Å².